The van der Waals surface area contributed by atoms with E-state index in [2.05, 4.69) is 0 Å². The predicted octanol–water partition coefficient (Wildman–Crippen LogP) is 2.30. The molecule has 1 aliphatic heterocycles. The van der Waals surface area contributed by atoms with Gasteiger partial charge >= 0.3 is 0 Å². The first-order valence-electron chi connectivity index (χ1n) is 5.16. The van der Waals surface area contributed by atoms with Gasteiger partial charge in [0, 0.05) is 16.5 Å². The van der Waals surface area contributed by atoms with Gasteiger partial charge in [-0.1, -0.05) is 11.6 Å². The Morgan fingerprint density at radius 2 is 2.12 bits per heavy atom. The summed E-state index contributed by atoms with van der Waals surface area (Å²) >= 11 is 7.38. The van der Waals surface area contributed by atoms with E-state index in [0.717, 1.165) is 29.3 Å². The Balaban J connectivity index is 2.03. The van der Waals surface area contributed by atoms with Crippen LogP contribution in [0.4, 0.5) is 0 Å². The van der Waals surface area contributed by atoms with Gasteiger partial charge in [0.05, 0.1) is 6.04 Å². The van der Waals surface area contributed by atoms with Crippen LogP contribution < -0.4 is 5.73 Å². The molecule has 1 fully saturated rings. The fraction of sp³-hybridized carbons (Fsp3) is 0.364. The van der Waals surface area contributed by atoms with E-state index in [1.165, 1.54) is 0 Å². The van der Waals surface area contributed by atoms with Gasteiger partial charge in [0.15, 0.2) is 0 Å². The molecule has 0 saturated carbocycles. The summed E-state index contributed by atoms with van der Waals surface area (Å²) in [6.07, 6.45) is 1.88. The average Bonchev–Trinajstić information content (AvgIpc) is 2.69. The molecule has 0 aliphatic carbocycles. The van der Waals surface area contributed by atoms with E-state index in [9.17, 15) is 4.79 Å². The molecule has 86 valence electrons. The van der Waals surface area contributed by atoms with Crippen LogP contribution in [0.5, 0.6) is 0 Å². The van der Waals surface area contributed by atoms with Crippen LogP contribution in [0.1, 0.15) is 12.8 Å². The smallest absolute Gasteiger partial charge is 0.235 e. The zero-order chi connectivity index (χ0) is 11.5. The number of amides is 1. The van der Waals surface area contributed by atoms with Crippen molar-refractivity contribution in [3.63, 3.8) is 0 Å². The first kappa shape index (κ1) is 11.8. The van der Waals surface area contributed by atoms with Gasteiger partial charge in [0.1, 0.15) is 0 Å². The molecule has 1 saturated heterocycles. The second-order valence-electron chi connectivity index (χ2n) is 3.75. The Morgan fingerprint density at radius 1 is 1.44 bits per heavy atom. The van der Waals surface area contributed by atoms with Crippen molar-refractivity contribution >= 4 is 29.5 Å². The molecule has 16 heavy (non-hydrogen) atoms. The van der Waals surface area contributed by atoms with Gasteiger partial charge in [-0.05, 0) is 49.1 Å². The quantitative estimate of drug-likeness (QED) is 0.844. The van der Waals surface area contributed by atoms with Gasteiger partial charge in [0.25, 0.3) is 0 Å². The fourth-order valence-corrected chi connectivity index (χ4v) is 2.98. The molecule has 1 aromatic rings. The zero-order valence-corrected chi connectivity index (χ0v) is 10.3. The van der Waals surface area contributed by atoms with E-state index in [4.69, 9.17) is 17.3 Å². The lowest BCUT2D eigenvalue weighted by molar-refractivity contribution is -0.120. The van der Waals surface area contributed by atoms with Gasteiger partial charge in [-0.2, -0.15) is 0 Å². The van der Waals surface area contributed by atoms with Gasteiger partial charge in [-0.3, -0.25) is 4.79 Å². The van der Waals surface area contributed by atoms with Crippen LogP contribution in [-0.4, -0.2) is 22.8 Å². The molecule has 1 atom stereocenters. The molecule has 0 radical (unpaired) electrons. The molecule has 3 nitrogen and oxygen atoms in total. The minimum Gasteiger partial charge on any atom is -0.368 e. The van der Waals surface area contributed by atoms with E-state index in [-0.39, 0.29) is 11.9 Å². The van der Waals surface area contributed by atoms with Crippen molar-refractivity contribution in [2.75, 3.05) is 6.54 Å². The first-order valence-corrected chi connectivity index (χ1v) is 6.31. The zero-order valence-electron chi connectivity index (χ0n) is 8.73. The SMILES string of the molecule is NC(=O)C1CCCN1Sc1ccc(Cl)cc1. The van der Waals surface area contributed by atoms with Crippen LogP contribution >= 0.6 is 23.5 Å². The third-order valence-electron chi connectivity index (χ3n) is 2.57. The molecule has 2 N–H and O–H groups in total. The first-order chi connectivity index (χ1) is 7.66. The second kappa shape index (κ2) is 5.08. The summed E-state index contributed by atoms with van der Waals surface area (Å²) in [6.45, 7) is 0.904. The van der Waals surface area contributed by atoms with E-state index < -0.39 is 0 Å². The Hall–Kier alpha value is -0.710. The molecule has 1 unspecified atom stereocenters. The second-order valence-corrected chi connectivity index (χ2v) is 5.31. The lowest BCUT2D eigenvalue weighted by Crippen LogP contribution is -2.36. The van der Waals surface area contributed by atoms with Crippen LogP contribution in [0.2, 0.25) is 5.02 Å². The number of nitrogens with two attached hydrogens (primary N) is 1. The van der Waals surface area contributed by atoms with Crippen molar-refractivity contribution < 1.29 is 4.79 Å². The summed E-state index contributed by atoms with van der Waals surface area (Å²) in [5.74, 6) is -0.237. The fourth-order valence-electron chi connectivity index (χ4n) is 1.76. The summed E-state index contributed by atoms with van der Waals surface area (Å²) in [7, 11) is 0. The molecule has 5 heteroatoms. The number of primary amides is 1. The number of nitrogens with zero attached hydrogens (tertiary/aromatic N) is 1. The number of carbonyl (C=O) groups excluding carboxylic acids is 1. The van der Waals surface area contributed by atoms with Crippen LogP contribution in [0.15, 0.2) is 29.2 Å². The van der Waals surface area contributed by atoms with Crippen molar-refractivity contribution in [1.29, 1.82) is 0 Å². The van der Waals surface area contributed by atoms with Crippen LogP contribution in [0, 0.1) is 0 Å². The normalized spacial score (nSPS) is 21.2. The standard InChI is InChI=1S/C11H13ClN2OS/c12-8-3-5-9(6-4-8)16-14-7-1-2-10(14)11(13)15/h3-6,10H,1-2,7H2,(H2,13,15). The molecule has 0 spiro atoms. The van der Waals surface area contributed by atoms with Crippen molar-refractivity contribution in [1.82, 2.24) is 4.31 Å². The van der Waals surface area contributed by atoms with Crippen molar-refractivity contribution in [2.45, 2.75) is 23.8 Å². The third kappa shape index (κ3) is 2.70. The van der Waals surface area contributed by atoms with Crippen LogP contribution in [0.3, 0.4) is 0 Å². The van der Waals surface area contributed by atoms with Gasteiger partial charge < -0.3 is 5.73 Å². The number of hydrogen-bond donors (Lipinski definition) is 1. The Kier molecular flexibility index (Phi) is 3.74. The van der Waals surface area contributed by atoms with Crippen molar-refractivity contribution in [3.8, 4) is 0 Å². The molecule has 0 bridgehead atoms. The largest absolute Gasteiger partial charge is 0.368 e. The minimum absolute atomic E-state index is 0.138. The van der Waals surface area contributed by atoms with Gasteiger partial charge in [0.2, 0.25) is 5.91 Å². The van der Waals surface area contributed by atoms with E-state index >= 15 is 0 Å². The minimum atomic E-state index is -0.237. The van der Waals surface area contributed by atoms with Gasteiger partial charge in [-0.15, -0.1) is 0 Å². The molecule has 2 rings (SSSR count). The van der Waals surface area contributed by atoms with Crippen LogP contribution in [0.25, 0.3) is 0 Å². The Bertz CT molecular complexity index is 382. The van der Waals surface area contributed by atoms with Crippen molar-refractivity contribution in [3.05, 3.63) is 29.3 Å². The highest BCUT2D eigenvalue weighted by atomic mass is 35.5. The summed E-state index contributed by atoms with van der Waals surface area (Å²) in [6, 6.07) is 7.45. The number of rotatable bonds is 3. The Labute approximate surface area is 104 Å². The summed E-state index contributed by atoms with van der Waals surface area (Å²) < 4.78 is 2.05. The van der Waals surface area contributed by atoms with Gasteiger partial charge in [-0.25, -0.2) is 4.31 Å². The highest BCUT2D eigenvalue weighted by molar-refractivity contribution is 7.97. The monoisotopic (exact) mass is 256 g/mol. The molecule has 1 aliphatic rings. The predicted molar refractivity (Wildman–Crippen MR) is 66.2 cm³/mol. The highest BCUT2D eigenvalue weighted by Crippen LogP contribution is 2.31. The molecule has 0 aromatic heterocycles. The van der Waals surface area contributed by atoms with E-state index in [0.29, 0.717) is 0 Å². The van der Waals surface area contributed by atoms with Crippen molar-refractivity contribution in [2.24, 2.45) is 5.73 Å². The Morgan fingerprint density at radius 3 is 2.75 bits per heavy atom. The lowest BCUT2D eigenvalue weighted by atomic mass is 10.2. The summed E-state index contributed by atoms with van der Waals surface area (Å²) in [5, 5.41) is 0.720. The van der Waals surface area contributed by atoms with E-state index in [1.54, 1.807) is 11.9 Å². The number of benzene rings is 1. The topological polar surface area (TPSA) is 46.3 Å². The number of hydrogen-bond acceptors (Lipinski definition) is 3. The maximum atomic E-state index is 11.2. The third-order valence-corrected chi connectivity index (χ3v) is 3.97. The number of halogens is 1. The highest BCUT2D eigenvalue weighted by Gasteiger charge is 2.29. The van der Waals surface area contributed by atoms with E-state index in [1.807, 2.05) is 28.6 Å². The maximum absolute atomic E-state index is 11.2. The average molecular weight is 257 g/mol. The number of carbonyl (C=O) groups is 1. The van der Waals surface area contributed by atoms with Crippen LogP contribution in [-0.2, 0) is 4.79 Å². The maximum Gasteiger partial charge on any atom is 0.235 e. The molecular formula is C11H13ClN2OS. The molecule has 1 aromatic carbocycles. The molecule has 1 heterocycles. The summed E-state index contributed by atoms with van der Waals surface area (Å²) in [5.41, 5.74) is 5.35. The molecular weight excluding hydrogens is 244 g/mol. The summed E-state index contributed by atoms with van der Waals surface area (Å²) in [4.78, 5) is 12.3. The molecule has 1 amide bonds. The lowest BCUT2D eigenvalue weighted by Gasteiger charge is -2.20.